The van der Waals surface area contributed by atoms with E-state index in [9.17, 15) is 0 Å². The number of hydrogen-bond donors (Lipinski definition) is 1. The minimum Gasteiger partial charge on any atom is -0.304 e. The molecule has 1 saturated heterocycles. The Morgan fingerprint density at radius 1 is 0.750 bits per heavy atom. The molecular formula is C22H20N2. The summed E-state index contributed by atoms with van der Waals surface area (Å²) >= 11 is 0. The number of hydrazine groups is 1. The summed E-state index contributed by atoms with van der Waals surface area (Å²) in [5, 5.41) is 2.40. The van der Waals surface area contributed by atoms with Crippen molar-refractivity contribution in [3.63, 3.8) is 0 Å². The number of nitrogens with one attached hydrogen (secondary N) is 1. The van der Waals surface area contributed by atoms with Crippen LogP contribution in [0.25, 0.3) is 0 Å². The minimum absolute atomic E-state index is 0.152. The Kier molecular flexibility index (Phi) is 3.00. The molecule has 0 spiro atoms. The summed E-state index contributed by atoms with van der Waals surface area (Å²) < 4.78 is 0. The zero-order valence-electron chi connectivity index (χ0n) is 13.5. The van der Waals surface area contributed by atoms with E-state index in [4.69, 9.17) is 0 Å². The van der Waals surface area contributed by atoms with Crippen LogP contribution in [0.15, 0.2) is 84.9 Å². The molecule has 24 heavy (non-hydrogen) atoms. The lowest BCUT2D eigenvalue weighted by Gasteiger charge is -2.32. The highest BCUT2D eigenvalue weighted by atomic mass is 15.6. The van der Waals surface area contributed by atoms with Gasteiger partial charge in [-0.05, 0) is 35.6 Å². The molecule has 118 valence electrons. The smallest absolute Gasteiger partial charge is 0.0891 e. The Labute approximate surface area is 142 Å². The van der Waals surface area contributed by atoms with Crippen molar-refractivity contribution in [3.05, 3.63) is 102 Å². The number of benzene rings is 3. The lowest BCUT2D eigenvalue weighted by Crippen LogP contribution is -2.45. The molecule has 0 saturated carbocycles. The van der Waals surface area contributed by atoms with E-state index >= 15 is 0 Å². The summed E-state index contributed by atoms with van der Waals surface area (Å²) in [5.41, 5.74) is 9.19. The van der Waals surface area contributed by atoms with Crippen LogP contribution in [0.2, 0.25) is 0 Å². The van der Waals surface area contributed by atoms with Gasteiger partial charge in [-0.15, -0.1) is 0 Å². The summed E-state index contributed by atoms with van der Waals surface area (Å²) in [7, 11) is 0. The average Bonchev–Trinajstić information content (AvgIpc) is 3.19. The number of rotatable bonds is 2. The van der Waals surface area contributed by atoms with Gasteiger partial charge in [-0.1, -0.05) is 78.9 Å². The summed E-state index contributed by atoms with van der Waals surface area (Å²) in [6, 6.07) is 31.0. The molecule has 1 fully saturated rings. The molecule has 2 heteroatoms. The van der Waals surface area contributed by atoms with Gasteiger partial charge in [0, 0.05) is 0 Å². The summed E-state index contributed by atoms with van der Waals surface area (Å²) in [6.07, 6.45) is 2.19. The van der Waals surface area contributed by atoms with Gasteiger partial charge in [0.05, 0.1) is 17.3 Å². The number of nitrogens with zero attached hydrogens (tertiary/aromatic N) is 1. The maximum absolute atomic E-state index is 3.89. The molecule has 0 aromatic heterocycles. The van der Waals surface area contributed by atoms with Crippen molar-refractivity contribution >= 4 is 5.69 Å². The largest absolute Gasteiger partial charge is 0.304 e. The van der Waals surface area contributed by atoms with Crippen LogP contribution in [-0.2, 0) is 12.0 Å². The summed E-state index contributed by atoms with van der Waals surface area (Å²) in [5.74, 6) is 0. The third-order valence-corrected chi connectivity index (χ3v) is 5.46. The molecule has 1 unspecified atom stereocenters. The van der Waals surface area contributed by atoms with Crippen LogP contribution in [0.5, 0.6) is 0 Å². The van der Waals surface area contributed by atoms with Gasteiger partial charge >= 0.3 is 0 Å². The SMILES string of the molecule is c1ccc(C2(c3ccccc3)CC3Cc4ccccc4N3N2)cc1. The third kappa shape index (κ3) is 1.93. The second-order valence-corrected chi connectivity index (χ2v) is 6.81. The molecule has 2 nitrogen and oxygen atoms in total. The average molecular weight is 312 g/mol. The molecule has 1 atom stereocenters. The number of fused-ring (bicyclic) bond motifs is 3. The van der Waals surface area contributed by atoms with Gasteiger partial charge in [-0.25, -0.2) is 5.43 Å². The van der Waals surface area contributed by atoms with E-state index in [1.54, 1.807) is 0 Å². The van der Waals surface area contributed by atoms with Gasteiger partial charge in [0.25, 0.3) is 0 Å². The molecule has 5 rings (SSSR count). The first-order valence-electron chi connectivity index (χ1n) is 8.63. The van der Waals surface area contributed by atoms with Gasteiger partial charge in [0.2, 0.25) is 0 Å². The standard InChI is InChI=1S/C22H20N2/c1-3-10-18(11-4-1)22(19-12-5-2-6-13-19)16-20-15-17-9-7-8-14-21(17)24(20)23-22/h1-14,20,23H,15-16H2. The van der Waals surface area contributed by atoms with Crippen molar-refractivity contribution in [2.45, 2.75) is 24.4 Å². The van der Waals surface area contributed by atoms with Gasteiger partial charge in [0.1, 0.15) is 0 Å². The Morgan fingerprint density at radius 3 is 2.00 bits per heavy atom. The normalized spacial score (nSPS) is 20.7. The Hall–Kier alpha value is -2.58. The van der Waals surface area contributed by atoms with Crippen LogP contribution in [0, 0.1) is 0 Å². The van der Waals surface area contributed by atoms with Crippen LogP contribution < -0.4 is 10.4 Å². The lowest BCUT2D eigenvalue weighted by molar-refractivity contribution is 0.461. The molecule has 0 radical (unpaired) electrons. The van der Waals surface area contributed by atoms with Crippen molar-refractivity contribution in [2.24, 2.45) is 0 Å². The first-order valence-corrected chi connectivity index (χ1v) is 8.63. The predicted molar refractivity (Wildman–Crippen MR) is 97.8 cm³/mol. The summed E-state index contributed by atoms with van der Waals surface area (Å²) in [4.78, 5) is 0. The van der Waals surface area contributed by atoms with E-state index < -0.39 is 0 Å². The molecule has 1 N–H and O–H groups in total. The van der Waals surface area contributed by atoms with Crippen LogP contribution in [-0.4, -0.2) is 6.04 Å². The monoisotopic (exact) mass is 312 g/mol. The molecule has 2 heterocycles. The van der Waals surface area contributed by atoms with Crippen LogP contribution in [0.3, 0.4) is 0 Å². The van der Waals surface area contributed by atoms with Gasteiger partial charge in [-0.3, -0.25) is 0 Å². The van der Waals surface area contributed by atoms with Gasteiger partial charge in [0.15, 0.2) is 0 Å². The summed E-state index contributed by atoms with van der Waals surface area (Å²) in [6.45, 7) is 0. The zero-order valence-corrected chi connectivity index (χ0v) is 13.5. The predicted octanol–water partition coefficient (Wildman–Crippen LogP) is 4.27. The second-order valence-electron chi connectivity index (χ2n) is 6.81. The Balaban J connectivity index is 1.64. The van der Waals surface area contributed by atoms with Crippen LogP contribution in [0.4, 0.5) is 5.69 Å². The number of anilines is 1. The van der Waals surface area contributed by atoms with E-state index in [2.05, 4.69) is 95.4 Å². The van der Waals surface area contributed by atoms with Crippen molar-refractivity contribution in [3.8, 4) is 0 Å². The highest BCUT2D eigenvalue weighted by molar-refractivity contribution is 5.61. The van der Waals surface area contributed by atoms with E-state index in [1.165, 1.54) is 22.4 Å². The van der Waals surface area contributed by atoms with Crippen LogP contribution >= 0.6 is 0 Å². The highest BCUT2D eigenvalue weighted by Crippen LogP contribution is 2.46. The quantitative estimate of drug-likeness (QED) is 0.760. The molecule has 3 aromatic carbocycles. The molecule has 3 aromatic rings. The van der Waals surface area contributed by atoms with E-state index in [0.29, 0.717) is 6.04 Å². The topological polar surface area (TPSA) is 15.3 Å². The lowest BCUT2D eigenvalue weighted by atomic mass is 9.79. The zero-order chi connectivity index (χ0) is 16.0. The maximum Gasteiger partial charge on any atom is 0.0891 e. The van der Waals surface area contributed by atoms with Gasteiger partial charge < -0.3 is 5.01 Å². The number of hydrogen-bond acceptors (Lipinski definition) is 2. The minimum atomic E-state index is -0.152. The fourth-order valence-electron chi connectivity index (χ4n) is 4.36. The Morgan fingerprint density at radius 2 is 1.33 bits per heavy atom. The number of para-hydroxylation sites is 1. The molecule has 2 aliphatic rings. The fourth-order valence-corrected chi connectivity index (χ4v) is 4.36. The molecule has 0 amide bonds. The van der Waals surface area contributed by atoms with E-state index in [0.717, 1.165) is 12.8 Å². The van der Waals surface area contributed by atoms with E-state index in [1.807, 2.05) is 0 Å². The first kappa shape index (κ1) is 13.8. The molecule has 0 aliphatic carbocycles. The molecule has 2 aliphatic heterocycles. The van der Waals surface area contributed by atoms with Crippen LogP contribution in [0.1, 0.15) is 23.1 Å². The fraction of sp³-hybridized carbons (Fsp3) is 0.182. The highest BCUT2D eigenvalue weighted by Gasteiger charge is 2.48. The van der Waals surface area contributed by atoms with Crippen molar-refractivity contribution in [1.29, 1.82) is 0 Å². The van der Waals surface area contributed by atoms with Gasteiger partial charge in [-0.2, -0.15) is 0 Å². The van der Waals surface area contributed by atoms with Crippen molar-refractivity contribution < 1.29 is 0 Å². The van der Waals surface area contributed by atoms with Crippen molar-refractivity contribution in [2.75, 3.05) is 5.01 Å². The maximum atomic E-state index is 3.89. The Bertz CT molecular complexity index is 818. The second kappa shape index (κ2) is 5.22. The molecular weight excluding hydrogens is 292 g/mol. The van der Waals surface area contributed by atoms with E-state index in [-0.39, 0.29) is 5.54 Å². The first-order chi connectivity index (χ1) is 11.9. The third-order valence-electron chi connectivity index (χ3n) is 5.46. The van der Waals surface area contributed by atoms with Crippen molar-refractivity contribution in [1.82, 2.24) is 5.43 Å². The molecule has 0 bridgehead atoms.